The van der Waals surface area contributed by atoms with Gasteiger partial charge < -0.3 is 9.47 Å². The smallest absolute Gasteiger partial charge is 0.340 e. The number of esters is 1. The zero-order valence-corrected chi connectivity index (χ0v) is 12.9. The maximum atomic E-state index is 11.6. The van der Waals surface area contributed by atoms with Crippen LogP contribution in [0, 0.1) is 6.92 Å². The van der Waals surface area contributed by atoms with Crippen molar-refractivity contribution < 1.29 is 14.3 Å². The second-order valence-electron chi connectivity index (χ2n) is 5.09. The first kappa shape index (κ1) is 16.7. The Labute approximate surface area is 122 Å². The van der Waals surface area contributed by atoms with Gasteiger partial charge in [0.15, 0.2) is 6.10 Å². The van der Waals surface area contributed by atoms with E-state index in [4.69, 9.17) is 9.47 Å². The van der Waals surface area contributed by atoms with Crippen molar-refractivity contribution >= 4 is 5.97 Å². The summed E-state index contributed by atoms with van der Waals surface area (Å²) in [6, 6.07) is 7.42. The molecule has 0 radical (unpaired) electrons. The van der Waals surface area contributed by atoms with Crippen LogP contribution in [0.3, 0.4) is 0 Å². The molecule has 3 heteroatoms. The van der Waals surface area contributed by atoms with Crippen molar-refractivity contribution in [2.75, 3.05) is 6.61 Å². The first-order chi connectivity index (χ1) is 9.67. The van der Waals surface area contributed by atoms with E-state index < -0.39 is 0 Å². The Morgan fingerprint density at radius 2 is 1.90 bits per heavy atom. The number of ether oxygens (including phenoxy) is 2. The fraction of sp³-hybridized carbons (Fsp3) is 0.588. The summed E-state index contributed by atoms with van der Waals surface area (Å²) in [6.07, 6.45) is 5.41. The maximum absolute atomic E-state index is 11.6. The molecule has 1 atom stereocenters. The zero-order chi connectivity index (χ0) is 14.8. The average Bonchev–Trinajstić information content (AvgIpc) is 2.97. The van der Waals surface area contributed by atoms with E-state index in [9.17, 15) is 4.79 Å². The van der Waals surface area contributed by atoms with Crippen molar-refractivity contribution in [3.05, 3.63) is 29.8 Å². The summed E-state index contributed by atoms with van der Waals surface area (Å²) in [5.41, 5.74) is 1.15. The molecule has 1 heterocycles. The first-order valence-electron chi connectivity index (χ1n) is 7.57. The minimum atomic E-state index is -0.369. The van der Waals surface area contributed by atoms with Crippen LogP contribution in [0.1, 0.15) is 51.5 Å². The quantitative estimate of drug-likeness (QED) is 0.609. The predicted octanol–water partition coefficient (Wildman–Crippen LogP) is 4.28. The molecule has 0 bridgehead atoms. The number of carbonyl (C=O) groups excluding carboxylic acids is 1. The summed E-state index contributed by atoms with van der Waals surface area (Å²) in [7, 11) is 0. The normalized spacial score (nSPS) is 17.2. The van der Waals surface area contributed by atoms with Crippen molar-refractivity contribution in [2.24, 2.45) is 0 Å². The maximum Gasteiger partial charge on any atom is 0.340 e. The fourth-order valence-corrected chi connectivity index (χ4v) is 1.91. The minimum absolute atomic E-state index is 0.281. The van der Waals surface area contributed by atoms with Gasteiger partial charge in [0.1, 0.15) is 5.75 Å². The Morgan fingerprint density at radius 3 is 2.35 bits per heavy atom. The Balaban J connectivity index is 0.000000347. The van der Waals surface area contributed by atoms with Crippen molar-refractivity contribution in [3.8, 4) is 5.75 Å². The summed E-state index contributed by atoms with van der Waals surface area (Å²) in [5, 5.41) is 0. The molecule has 1 aliphatic heterocycles. The molecule has 112 valence electrons. The van der Waals surface area contributed by atoms with Crippen LogP contribution in [0.2, 0.25) is 0 Å². The fourth-order valence-electron chi connectivity index (χ4n) is 1.91. The highest BCUT2D eigenvalue weighted by Gasteiger charge is 2.25. The molecule has 0 aliphatic carbocycles. The second kappa shape index (κ2) is 9.54. The molecule has 0 amide bonds. The van der Waals surface area contributed by atoms with Crippen LogP contribution in [-0.4, -0.2) is 18.7 Å². The molecule has 3 nitrogen and oxygen atoms in total. The van der Waals surface area contributed by atoms with Gasteiger partial charge in [0.25, 0.3) is 0 Å². The van der Waals surface area contributed by atoms with Crippen LogP contribution in [0.15, 0.2) is 24.3 Å². The lowest BCUT2D eigenvalue weighted by molar-refractivity contribution is -0.144. The number of hydrogen-bond donors (Lipinski definition) is 0. The van der Waals surface area contributed by atoms with E-state index >= 15 is 0 Å². The van der Waals surface area contributed by atoms with Crippen LogP contribution < -0.4 is 4.74 Å². The summed E-state index contributed by atoms with van der Waals surface area (Å²) in [6.45, 7) is 7.08. The number of benzene rings is 1. The number of carbonyl (C=O) groups is 1. The molecule has 1 aromatic carbocycles. The van der Waals surface area contributed by atoms with Crippen LogP contribution in [0.5, 0.6) is 5.75 Å². The Kier molecular flexibility index (Phi) is 7.97. The second-order valence-corrected chi connectivity index (χ2v) is 5.09. The van der Waals surface area contributed by atoms with Gasteiger partial charge in [-0.1, -0.05) is 50.8 Å². The monoisotopic (exact) mass is 278 g/mol. The topological polar surface area (TPSA) is 35.5 Å². The van der Waals surface area contributed by atoms with Crippen LogP contribution in [0.25, 0.3) is 0 Å². The zero-order valence-electron chi connectivity index (χ0n) is 12.9. The van der Waals surface area contributed by atoms with E-state index in [0.717, 1.165) is 18.4 Å². The van der Waals surface area contributed by atoms with E-state index in [1.807, 2.05) is 19.1 Å². The van der Waals surface area contributed by atoms with Crippen molar-refractivity contribution in [1.82, 2.24) is 0 Å². The highest BCUT2D eigenvalue weighted by molar-refractivity contribution is 5.77. The van der Waals surface area contributed by atoms with E-state index in [2.05, 4.69) is 13.8 Å². The Bertz CT molecular complexity index is 376. The van der Waals surface area contributed by atoms with Gasteiger partial charge in [-0.25, -0.2) is 4.79 Å². The molecule has 20 heavy (non-hydrogen) atoms. The molecular weight excluding hydrogens is 252 g/mol. The van der Waals surface area contributed by atoms with Crippen LogP contribution >= 0.6 is 0 Å². The van der Waals surface area contributed by atoms with E-state index in [-0.39, 0.29) is 12.1 Å². The van der Waals surface area contributed by atoms with Crippen molar-refractivity contribution in [3.63, 3.8) is 0 Å². The summed E-state index contributed by atoms with van der Waals surface area (Å²) < 4.78 is 10.4. The molecule has 2 rings (SSSR count). The van der Waals surface area contributed by atoms with E-state index in [1.165, 1.54) is 19.3 Å². The highest BCUT2D eigenvalue weighted by Crippen LogP contribution is 2.17. The number of hydrogen-bond acceptors (Lipinski definition) is 3. The van der Waals surface area contributed by atoms with Gasteiger partial charge in [-0.05, 0) is 31.9 Å². The van der Waals surface area contributed by atoms with Gasteiger partial charge >= 0.3 is 5.97 Å². The molecule has 0 saturated carbocycles. The van der Waals surface area contributed by atoms with Gasteiger partial charge in [-0.3, -0.25) is 0 Å². The largest absolute Gasteiger partial charge is 0.425 e. The first-order valence-corrected chi connectivity index (χ1v) is 7.57. The molecule has 0 N–H and O–H groups in total. The van der Waals surface area contributed by atoms with Gasteiger partial charge in [-0.2, -0.15) is 0 Å². The Hall–Kier alpha value is -1.35. The molecule has 1 saturated heterocycles. The van der Waals surface area contributed by atoms with Crippen molar-refractivity contribution in [2.45, 2.75) is 59.0 Å². The molecule has 1 fully saturated rings. The third-order valence-corrected chi connectivity index (χ3v) is 3.14. The molecule has 1 aliphatic rings. The van der Waals surface area contributed by atoms with E-state index in [0.29, 0.717) is 12.4 Å². The summed E-state index contributed by atoms with van der Waals surface area (Å²) in [4.78, 5) is 11.6. The van der Waals surface area contributed by atoms with Gasteiger partial charge in [0.05, 0.1) is 0 Å². The van der Waals surface area contributed by atoms with Crippen molar-refractivity contribution in [1.29, 1.82) is 0 Å². The van der Waals surface area contributed by atoms with E-state index in [1.54, 1.807) is 12.1 Å². The molecular formula is C17H26O3. The third kappa shape index (κ3) is 6.20. The third-order valence-electron chi connectivity index (χ3n) is 3.14. The minimum Gasteiger partial charge on any atom is -0.425 e. The lowest BCUT2D eigenvalue weighted by atomic mass is 10.2. The average molecular weight is 278 g/mol. The molecule has 1 aromatic rings. The number of unbranched alkanes of at least 4 members (excludes halogenated alkanes) is 2. The lowest BCUT2D eigenvalue weighted by Crippen LogP contribution is -2.24. The SMILES string of the molecule is CCCCC.Cc1ccc(OC(=O)C2CCCO2)cc1. The van der Waals surface area contributed by atoms with Gasteiger partial charge in [-0.15, -0.1) is 0 Å². The van der Waals surface area contributed by atoms with Crippen LogP contribution in [0.4, 0.5) is 0 Å². The molecule has 0 spiro atoms. The predicted molar refractivity (Wildman–Crippen MR) is 81.0 cm³/mol. The van der Waals surface area contributed by atoms with Gasteiger partial charge in [0, 0.05) is 6.61 Å². The number of aryl methyl sites for hydroxylation is 1. The highest BCUT2D eigenvalue weighted by atomic mass is 16.6. The Morgan fingerprint density at radius 1 is 1.25 bits per heavy atom. The molecule has 1 unspecified atom stereocenters. The standard InChI is InChI=1S/C12H14O3.C5H12/c1-9-4-6-10(7-5-9)15-12(13)11-3-2-8-14-11;1-3-5-4-2/h4-7,11H,2-3,8H2,1H3;3-5H2,1-2H3. The number of rotatable bonds is 4. The van der Waals surface area contributed by atoms with Crippen LogP contribution in [-0.2, 0) is 9.53 Å². The van der Waals surface area contributed by atoms with Gasteiger partial charge in [0.2, 0.25) is 0 Å². The summed E-state index contributed by atoms with van der Waals surface area (Å²) in [5.74, 6) is 0.303. The molecule has 0 aromatic heterocycles. The summed E-state index contributed by atoms with van der Waals surface area (Å²) >= 11 is 0. The lowest BCUT2D eigenvalue weighted by Gasteiger charge is -2.09.